The van der Waals surface area contributed by atoms with Gasteiger partial charge in [0.2, 0.25) is 5.91 Å². The fourth-order valence-corrected chi connectivity index (χ4v) is 1.30. The van der Waals surface area contributed by atoms with Crippen LogP contribution in [0.2, 0.25) is 0 Å². The number of nitrogens with zero attached hydrogens (tertiary/aromatic N) is 2. The summed E-state index contributed by atoms with van der Waals surface area (Å²) in [4.78, 5) is 28.1. The molecule has 68 valence electrons. The van der Waals surface area contributed by atoms with Gasteiger partial charge in [-0.3, -0.25) is 4.79 Å². The van der Waals surface area contributed by atoms with Gasteiger partial charge in [0.15, 0.2) is 0 Å². The molecular weight excluding hydrogens is 190 g/mol. The van der Waals surface area contributed by atoms with Gasteiger partial charge in [0.25, 0.3) is 0 Å². The summed E-state index contributed by atoms with van der Waals surface area (Å²) in [6, 6.07) is -0.584. The maximum absolute atomic E-state index is 10.7. The molecular formula is C7H7N3O2S. The highest BCUT2D eigenvalue weighted by molar-refractivity contribution is 8.15. The van der Waals surface area contributed by atoms with Gasteiger partial charge in [-0.1, -0.05) is 18.3 Å². The molecule has 0 saturated heterocycles. The number of primary amides is 1. The van der Waals surface area contributed by atoms with Gasteiger partial charge in [-0.2, -0.15) is 9.98 Å². The highest BCUT2D eigenvalue weighted by Gasteiger charge is 2.12. The molecule has 0 spiro atoms. The van der Waals surface area contributed by atoms with E-state index in [1.165, 1.54) is 6.21 Å². The van der Waals surface area contributed by atoms with Crippen LogP contribution in [-0.2, 0) is 4.79 Å². The molecule has 1 rings (SSSR count). The molecule has 0 unspecified atom stereocenters. The van der Waals surface area contributed by atoms with Crippen molar-refractivity contribution < 1.29 is 9.59 Å². The lowest BCUT2D eigenvalue weighted by Gasteiger charge is -2.05. The minimum Gasteiger partial charge on any atom is -0.369 e. The van der Waals surface area contributed by atoms with Crippen molar-refractivity contribution in [3.63, 3.8) is 0 Å². The van der Waals surface area contributed by atoms with E-state index < -0.39 is 11.9 Å². The van der Waals surface area contributed by atoms with Crippen molar-refractivity contribution in [3.05, 3.63) is 12.2 Å². The van der Waals surface area contributed by atoms with Crippen molar-refractivity contribution in [1.29, 1.82) is 0 Å². The summed E-state index contributed by atoms with van der Waals surface area (Å²) in [6.07, 6.45) is 1.32. The molecule has 0 aromatic heterocycles. The fraction of sp³-hybridized carbons (Fsp3) is 0.143. The molecule has 0 aromatic rings. The number of carbonyl (C=O) groups is 2. The van der Waals surface area contributed by atoms with E-state index in [1.54, 1.807) is 0 Å². The van der Waals surface area contributed by atoms with E-state index in [1.807, 2.05) is 0 Å². The van der Waals surface area contributed by atoms with Crippen LogP contribution in [-0.4, -0.2) is 28.9 Å². The van der Waals surface area contributed by atoms with Gasteiger partial charge in [0.05, 0.1) is 5.75 Å². The van der Waals surface area contributed by atoms with E-state index in [4.69, 9.17) is 5.73 Å². The lowest BCUT2D eigenvalue weighted by molar-refractivity contribution is -0.115. The Morgan fingerprint density at radius 2 is 2.38 bits per heavy atom. The van der Waals surface area contributed by atoms with Crippen LogP contribution in [0, 0.1) is 0 Å². The Kier molecular flexibility index (Phi) is 2.97. The number of urea groups is 1. The largest absolute Gasteiger partial charge is 0.369 e. The lowest BCUT2D eigenvalue weighted by Crippen LogP contribution is -2.16. The predicted octanol–water partition coefficient (Wildman–Crippen LogP) is 0.364. The number of nitrogens with two attached hydrogens (primary N) is 1. The van der Waals surface area contributed by atoms with E-state index in [9.17, 15) is 9.59 Å². The molecule has 0 saturated carbocycles. The van der Waals surface area contributed by atoms with Crippen molar-refractivity contribution in [1.82, 2.24) is 0 Å². The quantitative estimate of drug-likeness (QED) is 0.693. The highest BCUT2D eigenvalue weighted by atomic mass is 32.2. The maximum Gasteiger partial charge on any atom is 0.368 e. The monoisotopic (exact) mass is 197 g/mol. The molecule has 2 N–H and O–H groups in total. The van der Waals surface area contributed by atoms with Crippen molar-refractivity contribution in [2.24, 2.45) is 15.7 Å². The van der Waals surface area contributed by atoms with Crippen LogP contribution in [0.5, 0.6) is 0 Å². The van der Waals surface area contributed by atoms with E-state index >= 15 is 0 Å². The molecule has 0 aliphatic carbocycles. The molecule has 0 radical (unpaired) electrons. The van der Waals surface area contributed by atoms with Gasteiger partial charge in [-0.05, 0) is 0 Å². The van der Waals surface area contributed by atoms with Gasteiger partial charge in [-0.25, -0.2) is 4.79 Å². The first-order valence-corrected chi connectivity index (χ1v) is 4.35. The van der Waals surface area contributed by atoms with Gasteiger partial charge in [0, 0.05) is 11.8 Å². The topological polar surface area (TPSA) is 84.9 Å². The van der Waals surface area contributed by atoms with E-state index in [0.29, 0.717) is 10.6 Å². The van der Waals surface area contributed by atoms with Gasteiger partial charge >= 0.3 is 6.03 Å². The van der Waals surface area contributed by atoms with Gasteiger partial charge in [0.1, 0.15) is 5.04 Å². The van der Waals surface area contributed by atoms with Crippen LogP contribution < -0.4 is 5.73 Å². The number of amides is 3. The molecule has 3 amide bonds. The molecule has 0 atom stereocenters. The van der Waals surface area contributed by atoms with Gasteiger partial charge < -0.3 is 5.73 Å². The standard InChI is InChI=1S/C7H7N3O2S/c1-4-2-9-7(12)10-6(4)13-3-5(8)11/h2H,1,3H2,(H2,8,11). The number of aliphatic imine (C=N–C) groups is 2. The zero-order valence-corrected chi connectivity index (χ0v) is 7.50. The predicted molar refractivity (Wildman–Crippen MR) is 52.1 cm³/mol. The number of hydrogen-bond donors (Lipinski definition) is 1. The van der Waals surface area contributed by atoms with Crippen LogP contribution in [0.15, 0.2) is 22.1 Å². The maximum atomic E-state index is 10.7. The molecule has 13 heavy (non-hydrogen) atoms. The highest BCUT2D eigenvalue weighted by Crippen LogP contribution is 2.13. The number of carbonyl (C=O) groups excluding carboxylic acids is 2. The SMILES string of the molecule is C=C1C=NC(=O)N=C1SCC(N)=O. The second-order valence-corrected chi connectivity index (χ2v) is 3.20. The Balaban J connectivity index is 2.63. The third-order valence-electron chi connectivity index (χ3n) is 1.15. The van der Waals surface area contributed by atoms with Crippen LogP contribution in [0.25, 0.3) is 0 Å². The molecule has 1 aliphatic heterocycles. The average Bonchev–Trinajstić information content (AvgIpc) is 2.06. The second-order valence-electron chi connectivity index (χ2n) is 2.24. The van der Waals surface area contributed by atoms with Crippen LogP contribution in [0.3, 0.4) is 0 Å². The van der Waals surface area contributed by atoms with Crippen molar-refractivity contribution in [2.45, 2.75) is 0 Å². The van der Waals surface area contributed by atoms with Gasteiger partial charge in [-0.15, -0.1) is 0 Å². The first kappa shape index (κ1) is 9.66. The smallest absolute Gasteiger partial charge is 0.368 e. The van der Waals surface area contributed by atoms with Crippen LogP contribution in [0.4, 0.5) is 4.79 Å². The summed E-state index contributed by atoms with van der Waals surface area (Å²) in [7, 11) is 0. The third-order valence-corrected chi connectivity index (χ3v) is 2.21. The first-order valence-electron chi connectivity index (χ1n) is 3.36. The summed E-state index contributed by atoms with van der Waals surface area (Å²) >= 11 is 1.08. The number of thioether (sulfide) groups is 1. The van der Waals surface area contributed by atoms with Crippen molar-refractivity contribution in [3.8, 4) is 0 Å². The van der Waals surface area contributed by atoms with E-state index in [0.717, 1.165) is 11.8 Å². The second kappa shape index (κ2) is 3.99. The summed E-state index contributed by atoms with van der Waals surface area (Å²) in [5, 5.41) is 0.402. The fourth-order valence-electron chi connectivity index (χ4n) is 0.640. The van der Waals surface area contributed by atoms with E-state index in [2.05, 4.69) is 16.6 Å². The van der Waals surface area contributed by atoms with Crippen molar-refractivity contribution >= 4 is 35.0 Å². The summed E-state index contributed by atoms with van der Waals surface area (Å²) < 4.78 is 0. The Morgan fingerprint density at radius 3 is 3.00 bits per heavy atom. The molecule has 5 nitrogen and oxygen atoms in total. The zero-order valence-electron chi connectivity index (χ0n) is 6.69. The van der Waals surface area contributed by atoms with Crippen LogP contribution >= 0.6 is 11.8 Å². The molecule has 0 aromatic carbocycles. The van der Waals surface area contributed by atoms with Crippen molar-refractivity contribution in [2.75, 3.05) is 5.75 Å². The average molecular weight is 197 g/mol. The molecule has 1 aliphatic rings. The molecule has 6 heteroatoms. The van der Waals surface area contributed by atoms with Crippen LogP contribution in [0.1, 0.15) is 0 Å². The Labute approximate surface area is 78.8 Å². The number of rotatable bonds is 2. The molecule has 1 heterocycles. The number of hydrogen-bond acceptors (Lipinski definition) is 3. The summed E-state index contributed by atoms with van der Waals surface area (Å²) in [5.74, 6) is -0.380. The minimum atomic E-state index is -0.584. The Bertz CT molecular complexity index is 333. The molecule has 0 fully saturated rings. The molecule has 0 bridgehead atoms. The lowest BCUT2D eigenvalue weighted by atomic mass is 10.3. The van der Waals surface area contributed by atoms with E-state index in [-0.39, 0.29) is 5.75 Å². The Morgan fingerprint density at radius 1 is 1.69 bits per heavy atom. The minimum absolute atomic E-state index is 0.0823. The summed E-state index contributed by atoms with van der Waals surface area (Å²) in [5.41, 5.74) is 5.45. The Hall–Kier alpha value is -1.43. The normalized spacial score (nSPS) is 15.8. The third kappa shape index (κ3) is 2.83. The first-order chi connectivity index (χ1) is 6.09. The zero-order chi connectivity index (χ0) is 9.84. The summed E-state index contributed by atoms with van der Waals surface area (Å²) in [6.45, 7) is 3.60.